The Morgan fingerprint density at radius 3 is 2.48 bits per heavy atom. The fourth-order valence-electron chi connectivity index (χ4n) is 3.12. The maximum absolute atomic E-state index is 12.6. The second kappa shape index (κ2) is 6.68. The van der Waals surface area contributed by atoms with Crippen LogP contribution in [0.15, 0.2) is 36.5 Å². The van der Waals surface area contributed by atoms with Crippen molar-refractivity contribution in [3.8, 4) is 34.3 Å². The van der Waals surface area contributed by atoms with E-state index in [0.717, 1.165) is 10.9 Å². The minimum absolute atomic E-state index is 0.171. The van der Waals surface area contributed by atoms with Crippen LogP contribution in [0.1, 0.15) is 10.4 Å². The van der Waals surface area contributed by atoms with Gasteiger partial charge in [0, 0.05) is 22.5 Å². The third-order valence-corrected chi connectivity index (χ3v) is 4.43. The quantitative estimate of drug-likeness (QED) is 0.654. The van der Waals surface area contributed by atoms with Gasteiger partial charge in [0.15, 0.2) is 23.0 Å². The first-order valence-corrected chi connectivity index (χ1v) is 8.19. The Hall–Kier alpha value is -3.48. The third kappa shape index (κ3) is 2.77. The van der Waals surface area contributed by atoms with Gasteiger partial charge in [-0.05, 0) is 30.3 Å². The summed E-state index contributed by atoms with van der Waals surface area (Å²) < 4.78 is 26.5. The average Bonchev–Trinajstić information content (AvgIpc) is 3.19. The molecule has 0 saturated carbocycles. The minimum atomic E-state index is -0.493. The highest BCUT2D eigenvalue weighted by Gasteiger charge is 2.23. The molecule has 0 aliphatic carbocycles. The first-order valence-electron chi connectivity index (χ1n) is 8.19. The van der Waals surface area contributed by atoms with Gasteiger partial charge in [0.05, 0.1) is 32.6 Å². The van der Waals surface area contributed by atoms with E-state index in [1.165, 1.54) is 7.11 Å². The first kappa shape index (κ1) is 17.0. The largest absolute Gasteiger partial charge is 0.493 e. The van der Waals surface area contributed by atoms with Gasteiger partial charge in [0.1, 0.15) is 0 Å². The number of fused-ring (bicyclic) bond motifs is 2. The van der Waals surface area contributed by atoms with Crippen molar-refractivity contribution < 1.29 is 28.5 Å². The van der Waals surface area contributed by atoms with Crippen LogP contribution in [0.3, 0.4) is 0 Å². The number of rotatable bonds is 4. The fourth-order valence-corrected chi connectivity index (χ4v) is 3.12. The molecule has 0 bridgehead atoms. The molecule has 27 heavy (non-hydrogen) atoms. The molecule has 0 N–H and O–H groups in total. The predicted molar refractivity (Wildman–Crippen MR) is 97.7 cm³/mol. The van der Waals surface area contributed by atoms with E-state index in [2.05, 4.69) is 4.98 Å². The first-order chi connectivity index (χ1) is 13.2. The summed E-state index contributed by atoms with van der Waals surface area (Å²) in [4.78, 5) is 17.1. The van der Waals surface area contributed by atoms with Gasteiger partial charge in [-0.25, -0.2) is 4.79 Å². The fraction of sp³-hybridized carbons (Fsp3) is 0.200. The summed E-state index contributed by atoms with van der Waals surface area (Å²) in [5, 5.41) is 1.39. The van der Waals surface area contributed by atoms with Gasteiger partial charge < -0.3 is 23.7 Å². The zero-order valence-electron chi connectivity index (χ0n) is 15.1. The van der Waals surface area contributed by atoms with Crippen molar-refractivity contribution in [1.29, 1.82) is 0 Å². The normalized spacial score (nSPS) is 12.1. The topological polar surface area (TPSA) is 76.1 Å². The molecule has 3 aromatic rings. The zero-order valence-corrected chi connectivity index (χ0v) is 15.1. The van der Waals surface area contributed by atoms with E-state index < -0.39 is 5.97 Å². The lowest BCUT2D eigenvalue weighted by molar-refractivity contribution is 0.0603. The van der Waals surface area contributed by atoms with Crippen molar-refractivity contribution in [1.82, 2.24) is 4.98 Å². The van der Waals surface area contributed by atoms with Crippen molar-refractivity contribution in [2.45, 2.75) is 0 Å². The molecule has 0 radical (unpaired) electrons. The highest BCUT2D eigenvalue weighted by Crippen LogP contribution is 2.39. The molecule has 1 aliphatic heterocycles. The SMILES string of the molecule is COC(=O)c1c(-c2ccc3c(c2)OCO3)ncc2cc(OC)c(OC)cc12. The summed E-state index contributed by atoms with van der Waals surface area (Å²) >= 11 is 0. The van der Waals surface area contributed by atoms with E-state index in [1.54, 1.807) is 44.7 Å². The Morgan fingerprint density at radius 2 is 1.74 bits per heavy atom. The zero-order chi connectivity index (χ0) is 19.0. The minimum Gasteiger partial charge on any atom is -0.493 e. The van der Waals surface area contributed by atoms with E-state index in [1.807, 2.05) is 6.07 Å². The number of carbonyl (C=O) groups excluding carboxylic acids is 1. The van der Waals surface area contributed by atoms with Crippen molar-refractivity contribution in [2.24, 2.45) is 0 Å². The highest BCUT2D eigenvalue weighted by molar-refractivity contribution is 6.09. The van der Waals surface area contributed by atoms with Crippen LogP contribution in [0.4, 0.5) is 0 Å². The molecule has 0 amide bonds. The van der Waals surface area contributed by atoms with Crippen LogP contribution < -0.4 is 18.9 Å². The Labute approximate surface area is 155 Å². The number of nitrogens with zero attached hydrogens (tertiary/aromatic N) is 1. The van der Waals surface area contributed by atoms with Gasteiger partial charge in [-0.15, -0.1) is 0 Å². The van der Waals surface area contributed by atoms with Crippen LogP contribution in [-0.2, 0) is 4.74 Å². The molecule has 2 heterocycles. The number of hydrogen-bond donors (Lipinski definition) is 0. The molecule has 7 heteroatoms. The Morgan fingerprint density at radius 1 is 1.00 bits per heavy atom. The Balaban J connectivity index is 1.99. The number of benzene rings is 2. The highest BCUT2D eigenvalue weighted by atomic mass is 16.7. The lowest BCUT2D eigenvalue weighted by atomic mass is 9.99. The summed E-state index contributed by atoms with van der Waals surface area (Å²) in [5.41, 5.74) is 1.55. The smallest absolute Gasteiger partial charge is 0.340 e. The van der Waals surface area contributed by atoms with Crippen LogP contribution in [-0.4, -0.2) is 39.1 Å². The molecule has 1 aliphatic rings. The van der Waals surface area contributed by atoms with Gasteiger partial charge in [-0.1, -0.05) is 0 Å². The lowest BCUT2D eigenvalue weighted by Crippen LogP contribution is -2.07. The van der Waals surface area contributed by atoms with Crippen molar-refractivity contribution in [3.05, 3.63) is 42.1 Å². The molecule has 0 spiro atoms. The molecule has 138 valence electrons. The number of ether oxygens (including phenoxy) is 5. The van der Waals surface area contributed by atoms with E-state index >= 15 is 0 Å². The maximum atomic E-state index is 12.6. The van der Waals surface area contributed by atoms with E-state index in [9.17, 15) is 4.79 Å². The van der Waals surface area contributed by atoms with Crippen LogP contribution >= 0.6 is 0 Å². The average molecular weight is 367 g/mol. The van der Waals surface area contributed by atoms with Crippen LogP contribution in [0, 0.1) is 0 Å². The van der Waals surface area contributed by atoms with Crippen LogP contribution in [0.2, 0.25) is 0 Å². The molecule has 7 nitrogen and oxygen atoms in total. The van der Waals surface area contributed by atoms with Crippen molar-refractivity contribution in [2.75, 3.05) is 28.1 Å². The van der Waals surface area contributed by atoms with Gasteiger partial charge in [0.2, 0.25) is 6.79 Å². The van der Waals surface area contributed by atoms with Gasteiger partial charge in [-0.3, -0.25) is 4.98 Å². The van der Waals surface area contributed by atoms with Crippen LogP contribution in [0.5, 0.6) is 23.0 Å². The number of pyridine rings is 1. The summed E-state index contributed by atoms with van der Waals surface area (Å²) in [6, 6.07) is 8.94. The van der Waals surface area contributed by atoms with Crippen molar-refractivity contribution >= 4 is 16.7 Å². The van der Waals surface area contributed by atoms with Gasteiger partial charge >= 0.3 is 5.97 Å². The molecule has 0 saturated heterocycles. The van der Waals surface area contributed by atoms with Gasteiger partial charge in [0.25, 0.3) is 0 Å². The number of methoxy groups -OCH3 is 3. The Bertz CT molecular complexity index is 1050. The lowest BCUT2D eigenvalue weighted by Gasteiger charge is -2.14. The summed E-state index contributed by atoms with van der Waals surface area (Å²) in [5.74, 6) is 1.84. The number of esters is 1. The maximum Gasteiger partial charge on any atom is 0.340 e. The second-order valence-electron chi connectivity index (χ2n) is 5.84. The summed E-state index contributed by atoms with van der Waals surface area (Å²) in [7, 11) is 4.44. The van der Waals surface area contributed by atoms with Crippen LogP contribution in [0.25, 0.3) is 22.0 Å². The molecule has 2 aromatic carbocycles. The molecule has 0 unspecified atom stereocenters. The number of aromatic nitrogens is 1. The van der Waals surface area contributed by atoms with E-state index in [-0.39, 0.29) is 6.79 Å². The standard InChI is InChI=1S/C20H17NO6/c1-23-15-7-12-9-21-19(11-4-5-14-17(6-11)27-10-26-14)18(20(22)25-3)13(12)8-16(15)24-2/h4-9H,10H2,1-3H3. The number of hydrogen-bond acceptors (Lipinski definition) is 7. The molecule has 4 rings (SSSR count). The molecular formula is C20H17NO6. The van der Waals surface area contributed by atoms with E-state index in [0.29, 0.717) is 39.6 Å². The van der Waals surface area contributed by atoms with Gasteiger partial charge in [-0.2, -0.15) is 0 Å². The predicted octanol–water partition coefficient (Wildman–Crippen LogP) is 3.43. The molecule has 0 fully saturated rings. The second-order valence-corrected chi connectivity index (χ2v) is 5.84. The van der Waals surface area contributed by atoms with Crippen molar-refractivity contribution in [3.63, 3.8) is 0 Å². The summed E-state index contributed by atoms with van der Waals surface area (Å²) in [6.45, 7) is 0.171. The molecular weight excluding hydrogens is 350 g/mol. The number of carbonyl (C=O) groups is 1. The third-order valence-electron chi connectivity index (χ3n) is 4.43. The molecule has 1 aromatic heterocycles. The Kier molecular flexibility index (Phi) is 4.19. The summed E-state index contributed by atoms with van der Waals surface area (Å²) in [6.07, 6.45) is 1.68. The monoisotopic (exact) mass is 367 g/mol. The van der Waals surface area contributed by atoms with E-state index in [4.69, 9.17) is 23.7 Å². The molecule has 0 atom stereocenters.